The van der Waals surface area contributed by atoms with E-state index in [0.29, 0.717) is 13.1 Å². The second-order valence-electron chi connectivity index (χ2n) is 5.25. The summed E-state index contributed by atoms with van der Waals surface area (Å²) < 4.78 is 5.70. The summed E-state index contributed by atoms with van der Waals surface area (Å²) in [5.41, 5.74) is -0.000974. The summed E-state index contributed by atoms with van der Waals surface area (Å²) in [6.45, 7) is 3.98. The number of aliphatic hydroxyl groups is 1. The molecule has 0 aliphatic rings. The van der Waals surface area contributed by atoms with Gasteiger partial charge >= 0.3 is 0 Å². The largest absolute Gasteiger partial charge is 0.489 e. The van der Waals surface area contributed by atoms with E-state index in [1.165, 1.54) is 0 Å². The first-order valence-corrected chi connectivity index (χ1v) is 7.62. The molecule has 0 saturated heterocycles. The predicted octanol–water partition coefficient (Wildman–Crippen LogP) is 2.15. The zero-order chi connectivity index (χ0) is 15.7. The average Bonchev–Trinajstić information content (AvgIpc) is 2.59. The minimum absolute atomic E-state index is 0.177. The lowest BCUT2D eigenvalue weighted by Crippen LogP contribution is -2.56. The molecule has 4 nitrogen and oxygen atoms in total. The van der Waals surface area contributed by atoms with Crippen LogP contribution in [0.4, 0.5) is 0 Å². The monoisotopic (exact) mass is 300 g/mol. The first kappa shape index (κ1) is 16.5. The van der Waals surface area contributed by atoms with Crippen molar-refractivity contribution < 1.29 is 9.84 Å². The Morgan fingerprint density at radius 3 is 2.27 bits per heavy atom. The third-order valence-corrected chi connectivity index (χ3v) is 3.35. The van der Waals surface area contributed by atoms with Gasteiger partial charge in [0.1, 0.15) is 12.4 Å². The summed E-state index contributed by atoms with van der Waals surface area (Å²) >= 11 is 0. The fourth-order valence-electron chi connectivity index (χ4n) is 2.08. The Kier molecular flexibility index (Phi) is 6.40. The van der Waals surface area contributed by atoms with E-state index < -0.39 is 5.72 Å². The topological polar surface area (TPSA) is 53.5 Å². The maximum absolute atomic E-state index is 10.8. The summed E-state index contributed by atoms with van der Waals surface area (Å²) in [6.07, 6.45) is 0. The third-order valence-electron chi connectivity index (χ3n) is 3.35. The van der Waals surface area contributed by atoms with Gasteiger partial charge in [-0.15, -0.1) is 0 Å². The lowest BCUT2D eigenvalue weighted by Gasteiger charge is -2.29. The highest BCUT2D eigenvalue weighted by Gasteiger charge is 2.26. The fourth-order valence-corrected chi connectivity index (χ4v) is 2.08. The molecule has 0 radical (unpaired) electrons. The number of rotatable bonds is 9. The number of benzene rings is 2. The van der Waals surface area contributed by atoms with Crippen molar-refractivity contribution in [3.05, 3.63) is 66.2 Å². The van der Waals surface area contributed by atoms with Crippen LogP contribution < -0.4 is 15.4 Å². The molecule has 1 atom stereocenters. The maximum atomic E-state index is 10.8. The van der Waals surface area contributed by atoms with E-state index in [-0.39, 0.29) is 6.61 Å². The van der Waals surface area contributed by atoms with Crippen molar-refractivity contribution in [3.8, 4) is 5.75 Å². The normalized spacial score (nSPS) is 13.5. The Labute approximate surface area is 132 Å². The van der Waals surface area contributed by atoms with E-state index in [2.05, 4.69) is 10.6 Å². The molecule has 2 aromatic rings. The molecular formula is C18H24N2O2. The summed E-state index contributed by atoms with van der Waals surface area (Å²) in [4.78, 5) is 0. The number of likely N-dealkylation sites (N-methyl/N-ethyl adjacent to an activating group) is 1. The highest BCUT2D eigenvalue weighted by atomic mass is 16.5. The molecule has 0 spiro atoms. The molecule has 0 heterocycles. The first-order chi connectivity index (χ1) is 10.7. The van der Waals surface area contributed by atoms with Crippen LogP contribution in [0, 0.1) is 0 Å². The Balaban J connectivity index is 1.93. The summed E-state index contributed by atoms with van der Waals surface area (Å²) in [5.74, 6) is 0.749. The van der Waals surface area contributed by atoms with Crippen LogP contribution in [-0.4, -0.2) is 30.5 Å². The first-order valence-electron chi connectivity index (χ1n) is 7.62. The van der Waals surface area contributed by atoms with Crippen LogP contribution in [0.3, 0.4) is 0 Å². The van der Waals surface area contributed by atoms with Crippen LogP contribution in [0.2, 0.25) is 0 Å². The quantitative estimate of drug-likeness (QED) is 0.621. The number of ether oxygens (including phenoxy) is 1. The second kappa shape index (κ2) is 8.54. The van der Waals surface area contributed by atoms with Gasteiger partial charge in [-0.1, -0.05) is 55.5 Å². The van der Waals surface area contributed by atoms with Crippen molar-refractivity contribution in [3.63, 3.8) is 0 Å². The molecular weight excluding hydrogens is 276 g/mol. The highest BCUT2D eigenvalue weighted by molar-refractivity contribution is 5.21. The highest BCUT2D eigenvalue weighted by Crippen LogP contribution is 2.11. The SMILES string of the molecule is CCNCC(O)(COc1ccccc1)NCc1ccccc1. The molecule has 2 aromatic carbocycles. The minimum atomic E-state index is -1.12. The van der Waals surface area contributed by atoms with Crippen molar-refractivity contribution in [2.24, 2.45) is 0 Å². The zero-order valence-corrected chi connectivity index (χ0v) is 13.0. The average molecular weight is 300 g/mol. The lowest BCUT2D eigenvalue weighted by atomic mass is 10.2. The lowest BCUT2D eigenvalue weighted by molar-refractivity contribution is -0.0343. The molecule has 3 N–H and O–H groups in total. The molecule has 4 heteroatoms. The molecule has 118 valence electrons. The van der Waals surface area contributed by atoms with Gasteiger partial charge in [-0.2, -0.15) is 0 Å². The fraction of sp³-hybridized carbons (Fsp3) is 0.333. The van der Waals surface area contributed by atoms with E-state index in [0.717, 1.165) is 17.9 Å². The van der Waals surface area contributed by atoms with Gasteiger partial charge in [-0.25, -0.2) is 0 Å². The van der Waals surface area contributed by atoms with Gasteiger partial charge in [-0.05, 0) is 24.2 Å². The van der Waals surface area contributed by atoms with Crippen LogP contribution in [-0.2, 0) is 6.54 Å². The van der Waals surface area contributed by atoms with Gasteiger partial charge in [0.25, 0.3) is 0 Å². The Hall–Kier alpha value is -1.88. The van der Waals surface area contributed by atoms with Gasteiger partial charge in [0, 0.05) is 13.1 Å². The predicted molar refractivity (Wildman–Crippen MR) is 88.7 cm³/mol. The molecule has 0 aromatic heterocycles. The van der Waals surface area contributed by atoms with Gasteiger partial charge < -0.3 is 15.2 Å². The molecule has 2 rings (SSSR count). The number of para-hydroxylation sites is 1. The van der Waals surface area contributed by atoms with Crippen LogP contribution >= 0.6 is 0 Å². The molecule has 0 bridgehead atoms. The number of nitrogens with one attached hydrogen (secondary N) is 2. The molecule has 1 unspecified atom stereocenters. The second-order valence-corrected chi connectivity index (χ2v) is 5.25. The summed E-state index contributed by atoms with van der Waals surface area (Å²) in [5, 5.41) is 17.1. The van der Waals surface area contributed by atoms with E-state index in [1.807, 2.05) is 67.6 Å². The van der Waals surface area contributed by atoms with Crippen molar-refractivity contribution in [2.75, 3.05) is 19.7 Å². The van der Waals surface area contributed by atoms with Gasteiger partial charge in [-0.3, -0.25) is 5.32 Å². The standard InChI is InChI=1S/C18H24N2O2/c1-2-19-14-18(21,15-22-17-11-7-4-8-12-17)20-13-16-9-5-3-6-10-16/h3-12,19-21H,2,13-15H2,1H3. The van der Waals surface area contributed by atoms with E-state index >= 15 is 0 Å². The molecule has 0 amide bonds. The van der Waals surface area contributed by atoms with E-state index in [9.17, 15) is 5.11 Å². The van der Waals surface area contributed by atoms with Crippen molar-refractivity contribution in [2.45, 2.75) is 19.2 Å². The Morgan fingerprint density at radius 2 is 1.64 bits per heavy atom. The summed E-state index contributed by atoms with van der Waals surface area (Å²) in [6, 6.07) is 19.5. The van der Waals surface area contributed by atoms with Crippen molar-refractivity contribution in [1.29, 1.82) is 0 Å². The van der Waals surface area contributed by atoms with E-state index in [4.69, 9.17) is 4.74 Å². The van der Waals surface area contributed by atoms with Crippen molar-refractivity contribution >= 4 is 0 Å². The van der Waals surface area contributed by atoms with Gasteiger partial charge in [0.05, 0.1) is 0 Å². The van der Waals surface area contributed by atoms with Crippen LogP contribution in [0.5, 0.6) is 5.75 Å². The molecule has 0 aliphatic carbocycles. The van der Waals surface area contributed by atoms with Gasteiger partial charge in [0.15, 0.2) is 5.72 Å². The van der Waals surface area contributed by atoms with Crippen LogP contribution in [0.1, 0.15) is 12.5 Å². The molecule has 0 saturated carbocycles. The molecule has 0 fully saturated rings. The summed E-state index contributed by atoms with van der Waals surface area (Å²) in [7, 11) is 0. The van der Waals surface area contributed by atoms with Crippen molar-refractivity contribution in [1.82, 2.24) is 10.6 Å². The molecule has 22 heavy (non-hydrogen) atoms. The van der Waals surface area contributed by atoms with E-state index in [1.54, 1.807) is 0 Å². The smallest absolute Gasteiger partial charge is 0.163 e. The number of hydrogen-bond donors (Lipinski definition) is 3. The maximum Gasteiger partial charge on any atom is 0.163 e. The Bertz CT molecular complexity index is 488. The van der Waals surface area contributed by atoms with Gasteiger partial charge in [0.2, 0.25) is 0 Å². The number of hydrogen-bond acceptors (Lipinski definition) is 4. The zero-order valence-electron chi connectivity index (χ0n) is 13.0. The Morgan fingerprint density at radius 1 is 1.00 bits per heavy atom. The van der Waals surface area contributed by atoms with Crippen LogP contribution in [0.15, 0.2) is 60.7 Å². The third kappa shape index (κ3) is 5.48. The van der Waals surface area contributed by atoms with Crippen LogP contribution in [0.25, 0.3) is 0 Å². The minimum Gasteiger partial charge on any atom is -0.489 e. The molecule has 0 aliphatic heterocycles.